The summed E-state index contributed by atoms with van der Waals surface area (Å²) < 4.78 is 0. The van der Waals surface area contributed by atoms with Crippen molar-refractivity contribution >= 4 is 22.3 Å². The maximum Gasteiger partial charge on any atom is 0.0705 e. The van der Waals surface area contributed by atoms with Gasteiger partial charge in [-0.1, -0.05) is 65.7 Å². The Labute approximate surface area is 190 Å². The summed E-state index contributed by atoms with van der Waals surface area (Å²) in [4.78, 5) is 8.16. The van der Waals surface area contributed by atoms with Gasteiger partial charge in [0.25, 0.3) is 0 Å². The molecule has 0 spiro atoms. The summed E-state index contributed by atoms with van der Waals surface area (Å²) in [5.74, 6) is 0. The Morgan fingerprint density at radius 1 is 0.531 bits per heavy atom. The quantitative estimate of drug-likeness (QED) is 0.319. The van der Waals surface area contributed by atoms with E-state index in [4.69, 9.17) is 0 Å². The second-order valence-corrected chi connectivity index (χ2v) is 7.53. The number of aromatic nitrogens is 2. The van der Waals surface area contributed by atoms with E-state index in [1.807, 2.05) is 49.4 Å². The van der Waals surface area contributed by atoms with Gasteiger partial charge < -0.3 is 5.32 Å². The number of rotatable bonds is 2. The van der Waals surface area contributed by atoms with Crippen molar-refractivity contribution in [1.82, 2.24) is 9.97 Å². The Morgan fingerprint density at radius 3 is 1.59 bits per heavy atom. The summed E-state index contributed by atoms with van der Waals surface area (Å²) in [5, 5.41) is 4.56. The van der Waals surface area contributed by atoms with Crippen LogP contribution >= 0.6 is 0 Å². The number of aryl methyl sites for hydroxylation is 3. The van der Waals surface area contributed by atoms with Crippen LogP contribution in [-0.4, -0.2) is 9.97 Å². The molecule has 160 valence electrons. The second-order valence-electron chi connectivity index (χ2n) is 7.53. The number of benzene rings is 3. The van der Waals surface area contributed by atoms with Crippen LogP contribution in [-0.2, 0) is 0 Å². The van der Waals surface area contributed by atoms with Gasteiger partial charge in [0, 0.05) is 34.8 Å². The lowest BCUT2D eigenvalue weighted by Crippen LogP contribution is -1.89. The number of nitrogens with zero attached hydrogens (tertiary/aromatic N) is 2. The number of hydrogen-bond acceptors (Lipinski definition) is 3. The van der Waals surface area contributed by atoms with Gasteiger partial charge in [0.2, 0.25) is 0 Å². The third kappa shape index (κ3) is 7.69. The van der Waals surface area contributed by atoms with Gasteiger partial charge >= 0.3 is 0 Å². The molecule has 0 aliphatic rings. The zero-order chi connectivity index (χ0) is 22.6. The number of para-hydroxylation sites is 1. The highest BCUT2D eigenvalue weighted by molar-refractivity contribution is 5.78. The van der Waals surface area contributed by atoms with Gasteiger partial charge in [-0.25, -0.2) is 0 Å². The third-order valence-corrected chi connectivity index (χ3v) is 4.70. The lowest BCUT2D eigenvalue weighted by atomic mass is 10.2. The molecule has 2 aromatic heterocycles. The van der Waals surface area contributed by atoms with Crippen LogP contribution in [0.15, 0.2) is 116 Å². The van der Waals surface area contributed by atoms with Gasteiger partial charge in [-0.15, -0.1) is 0 Å². The number of hydrogen-bond donors (Lipinski definition) is 1. The van der Waals surface area contributed by atoms with Crippen LogP contribution in [0.4, 0.5) is 11.4 Å². The second kappa shape index (κ2) is 12.0. The van der Waals surface area contributed by atoms with Gasteiger partial charge in [-0.2, -0.15) is 0 Å². The van der Waals surface area contributed by atoms with Crippen LogP contribution in [0, 0.1) is 20.8 Å². The van der Waals surface area contributed by atoms with Crippen molar-refractivity contribution in [2.75, 3.05) is 5.32 Å². The minimum Gasteiger partial charge on any atom is -0.356 e. The van der Waals surface area contributed by atoms with Crippen LogP contribution in [0.2, 0.25) is 0 Å². The molecule has 5 aromatic rings. The Morgan fingerprint density at radius 2 is 1.09 bits per heavy atom. The van der Waals surface area contributed by atoms with E-state index in [1.165, 1.54) is 16.5 Å². The molecule has 1 N–H and O–H groups in total. The molecule has 0 atom stereocenters. The summed E-state index contributed by atoms with van der Waals surface area (Å²) in [6, 6.07) is 34.8. The van der Waals surface area contributed by atoms with Gasteiger partial charge in [0.15, 0.2) is 0 Å². The molecule has 32 heavy (non-hydrogen) atoms. The van der Waals surface area contributed by atoms with Crippen molar-refractivity contribution in [3.05, 3.63) is 132 Å². The highest BCUT2D eigenvalue weighted by atomic mass is 14.9. The first-order chi connectivity index (χ1) is 15.6. The molecule has 2 heterocycles. The smallest absolute Gasteiger partial charge is 0.0705 e. The first-order valence-corrected chi connectivity index (χ1v) is 10.7. The zero-order valence-corrected chi connectivity index (χ0v) is 18.9. The van der Waals surface area contributed by atoms with Crippen molar-refractivity contribution < 1.29 is 0 Å². The lowest BCUT2D eigenvalue weighted by Gasteiger charge is -2.06. The van der Waals surface area contributed by atoms with E-state index < -0.39 is 0 Å². The van der Waals surface area contributed by atoms with E-state index >= 15 is 0 Å². The largest absolute Gasteiger partial charge is 0.356 e. The molecule has 3 heteroatoms. The van der Waals surface area contributed by atoms with Crippen LogP contribution in [0.1, 0.15) is 16.8 Å². The summed E-state index contributed by atoms with van der Waals surface area (Å²) >= 11 is 0. The molecule has 5 rings (SSSR count). The first-order valence-electron chi connectivity index (χ1n) is 10.7. The van der Waals surface area contributed by atoms with Crippen LogP contribution in [0.25, 0.3) is 10.9 Å². The SMILES string of the molecule is Cc1ccc(Nc2ccc(C)cc2)cc1.Cc1ccc2ccccc2n1.c1ccncc1. The van der Waals surface area contributed by atoms with Crippen molar-refractivity contribution in [1.29, 1.82) is 0 Å². The molecular formula is C29H29N3. The molecule has 0 fully saturated rings. The van der Waals surface area contributed by atoms with Crippen LogP contribution < -0.4 is 5.32 Å². The Hall–Kier alpha value is -3.98. The predicted molar refractivity (Wildman–Crippen MR) is 136 cm³/mol. The highest BCUT2D eigenvalue weighted by Crippen LogP contribution is 2.17. The fourth-order valence-corrected chi connectivity index (χ4v) is 2.92. The zero-order valence-electron chi connectivity index (χ0n) is 18.9. The van der Waals surface area contributed by atoms with E-state index in [1.54, 1.807) is 12.4 Å². The molecule has 3 nitrogen and oxygen atoms in total. The van der Waals surface area contributed by atoms with Gasteiger partial charge in [0.1, 0.15) is 0 Å². The van der Waals surface area contributed by atoms with Gasteiger partial charge in [-0.3, -0.25) is 9.97 Å². The molecule has 0 aliphatic carbocycles. The molecular weight excluding hydrogens is 390 g/mol. The summed E-state index contributed by atoms with van der Waals surface area (Å²) in [6.45, 7) is 6.19. The minimum atomic E-state index is 1.07. The summed E-state index contributed by atoms with van der Waals surface area (Å²) in [5.41, 5.74) is 6.97. The van der Waals surface area contributed by atoms with Gasteiger partial charge in [0.05, 0.1) is 5.52 Å². The van der Waals surface area contributed by atoms with E-state index in [-0.39, 0.29) is 0 Å². The Bertz CT molecular complexity index is 1130. The van der Waals surface area contributed by atoms with E-state index in [0.717, 1.165) is 22.6 Å². The molecule has 0 saturated heterocycles. The average Bonchev–Trinajstić information content (AvgIpc) is 2.84. The summed E-state index contributed by atoms with van der Waals surface area (Å²) in [6.07, 6.45) is 3.50. The topological polar surface area (TPSA) is 37.8 Å². The molecule has 0 bridgehead atoms. The molecule has 0 amide bonds. The van der Waals surface area contributed by atoms with E-state index in [2.05, 4.69) is 89.8 Å². The highest BCUT2D eigenvalue weighted by Gasteiger charge is 1.93. The number of anilines is 2. The number of fused-ring (bicyclic) bond motifs is 1. The molecule has 0 unspecified atom stereocenters. The van der Waals surface area contributed by atoms with Crippen molar-refractivity contribution in [3.63, 3.8) is 0 Å². The molecule has 0 radical (unpaired) electrons. The molecule has 0 aliphatic heterocycles. The predicted octanol–water partition coefficient (Wildman–Crippen LogP) is 7.67. The first kappa shape index (κ1) is 22.7. The average molecular weight is 420 g/mol. The Kier molecular flexibility index (Phi) is 8.52. The lowest BCUT2D eigenvalue weighted by molar-refractivity contribution is 1.26. The standard InChI is InChI=1S/C14H15N.C10H9N.C5H5N/c1-11-3-7-13(8-4-11)15-14-9-5-12(2)6-10-14;1-8-6-7-9-4-2-3-5-10(9)11-8;1-2-4-6-5-3-1/h3-10,15H,1-2H3;2-7H,1H3;1-5H. The van der Waals surface area contributed by atoms with Crippen LogP contribution in [0.5, 0.6) is 0 Å². The molecule has 3 aromatic carbocycles. The third-order valence-electron chi connectivity index (χ3n) is 4.70. The van der Waals surface area contributed by atoms with Gasteiger partial charge in [-0.05, 0) is 69.3 Å². The maximum absolute atomic E-state index is 4.38. The number of pyridine rings is 2. The Balaban J connectivity index is 0.000000148. The fraction of sp³-hybridized carbons (Fsp3) is 0.103. The minimum absolute atomic E-state index is 1.07. The normalized spacial score (nSPS) is 9.72. The maximum atomic E-state index is 4.38. The number of nitrogens with one attached hydrogen (secondary N) is 1. The van der Waals surface area contributed by atoms with Crippen molar-refractivity contribution in [2.45, 2.75) is 20.8 Å². The van der Waals surface area contributed by atoms with Crippen molar-refractivity contribution in [3.8, 4) is 0 Å². The van der Waals surface area contributed by atoms with Crippen molar-refractivity contribution in [2.24, 2.45) is 0 Å². The fourth-order valence-electron chi connectivity index (χ4n) is 2.92. The van der Waals surface area contributed by atoms with Crippen LogP contribution in [0.3, 0.4) is 0 Å². The monoisotopic (exact) mass is 419 g/mol. The summed E-state index contributed by atoms with van der Waals surface area (Å²) in [7, 11) is 0. The van der Waals surface area contributed by atoms with E-state index in [0.29, 0.717) is 0 Å². The van der Waals surface area contributed by atoms with E-state index in [9.17, 15) is 0 Å². The molecule has 0 saturated carbocycles.